The predicted octanol–water partition coefficient (Wildman–Crippen LogP) is 4.57. The average Bonchev–Trinajstić information content (AvgIpc) is 2.69. The Hall–Kier alpha value is -2.30. The van der Waals surface area contributed by atoms with Gasteiger partial charge < -0.3 is 0 Å². The lowest BCUT2D eigenvalue weighted by Crippen LogP contribution is -2.34. The Morgan fingerprint density at radius 2 is 2.00 bits per heavy atom. The van der Waals surface area contributed by atoms with Gasteiger partial charge in [-0.3, -0.25) is 19.9 Å². The van der Waals surface area contributed by atoms with E-state index in [4.69, 9.17) is 16.6 Å². The Morgan fingerprint density at radius 1 is 1.08 bits per heavy atom. The molecule has 4 nitrogen and oxygen atoms in total. The Balaban J connectivity index is 1.57. The summed E-state index contributed by atoms with van der Waals surface area (Å²) in [6.45, 7) is 3.02. The lowest BCUT2D eigenvalue weighted by Gasteiger charge is -2.33. The number of piperidine rings is 1. The first-order valence-corrected chi connectivity index (χ1v) is 9.35. The molecule has 3 heterocycles. The third kappa shape index (κ3) is 3.92. The Labute approximate surface area is 158 Å². The predicted molar refractivity (Wildman–Crippen MR) is 104 cm³/mol. The number of benzene rings is 1. The van der Waals surface area contributed by atoms with Crippen LogP contribution in [0.5, 0.6) is 0 Å². The fraction of sp³-hybridized carbons (Fsp3) is 0.286. The van der Waals surface area contributed by atoms with Gasteiger partial charge in [0.15, 0.2) is 0 Å². The minimum absolute atomic E-state index is 0.378. The van der Waals surface area contributed by atoms with Gasteiger partial charge in [0, 0.05) is 54.4 Å². The lowest BCUT2D eigenvalue weighted by atomic mass is 9.91. The van der Waals surface area contributed by atoms with E-state index in [0.29, 0.717) is 5.92 Å². The van der Waals surface area contributed by atoms with Crippen molar-refractivity contribution in [1.29, 1.82) is 0 Å². The normalized spacial score (nSPS) is 18.0. The summed E-state index contributed by atoms with van der Waals surface area (Å²) in [5, 5.41) is 0.723. The Kier molecular flexibility index (Phi) is 5.23. The molecule has 0 spiro atoms. The number of hydrogen-bond acceptors (Lipinski definition) is 4. The smallest absolute Gasteiger partial charge is 0.0921 e. The SMILES string of the molecule is Clc1cccc(-c2nccnc2[C@H]2CCCN(Cc3cccnc3)C2)c1. The van der Waals surface area contributed by atoms with Gasteiger partial charge in [-0.2, -0.15) is 0 Å². The molecule has 1 aliphatic rings. The molecule has 5 heteroatoms. The van der Waals surface area contributed by atoms with Crippen LogP contribution in [0.1, 0.15) is 30.0 Å². The highest BCUT2D eigenvalue weighted by Crippen LogP contribution is 2.32. The highest BCUT2D eigenvalue weighted by Gasteiger charge is 2.25. The third-order valence-corrected chi connectivity index (χ3v) is 5.08. The van der Waals surface area contributed by atoms with E-state index in [1.54, 1.807) is 12.4 Å². The van der Waals surface area contributed by atoms with Gasteiger partial charge in [0.25, 0.3) is 0 Å². The number of rotatable bonds is 4. The molecule has 2 aromatic heterocycles. The van der Waals surface area contributed by atoms with E-state index in [2.05, 4.69) is 27.0 Å². The van der Waals surface area contributed by atoms with Gasteiger partial charge in [-0.25, -0.2) is 0 Å². The van der Waals surface area contributed by atoms with Crippen molar-refractivity contribution in [3.05, 3.63) is 77.5 Å². The summed E-state index contributed by atoms with van der Waals surface area (Å²) >= 11 is 6.18. The summed E-state index contributed by atoms with van der Waals surface area (Å²) in [7, 11) is 0. The van der Waals surface area contributed by atoms with Crippen molar-refractivity contribution in [2.24, 2.45) is 0 Å². The summed E-state index contributed by atoms with van der Waals surface area (Å²) in [6, 6.07) is 12.0. The van der Waals surface area contributed by atoms with E-state index >= 15 is 0 Å². The average molecular weight is 365 g/mol. The maximum atomic E-state index is 6.18. The minimum Gasteiger partial charge on any atom is -0.298 e. The molecule has 1 fully saturated rings. The second-order valence-electron chi connectivity index (χ2n) is 6.74. The molecule has 0 saturated carbocycles. The van der Waals surface area contributed by atoms with Crippen LogP contribution in [0.4, 0.5) is 0 Å². The van der Waals surface area contributed by atoms with Crippen LogP contribution >= 0.6 is 11.6 Å². The van der Waals surface area contributed by atoms with Crippen LogP contribution in [0.15, 0.2) is 61.2 Å². The van der Waals surface area contributed by atoms with E-state index in [1.807, 2.05) is 36.7 Å². The minimum atomic E-state index is 0.378. The van der Waals surface area contributed by atoms with Gasteiger partial charge >= 0.3 is 0 Å². The first-order chi connectivity index (χ1) is 12.8. The maximum Gasteiger partial charge on any atom is 0.0921 e. The molecular weight excluding hydrogens is 344 g/mol. The first-order valence-electron chi connectivity index (χ1n) is 8.98. The number of halogens is 1. The zero-order valence-corrected chi connectivity index (χ0v) is 15.3. The van der Waals surface area contributed by atoms with Crippen molar-refractivity contribution in [1.82, 2.24) is 19.9 Å². The molecule has 3 aromatic rings. The molecule has 0 radical (unpaired) electrons. The van der Waals surface area contributed by atoms with Crippen molar-refractivity contribution < 1.29 is 0 Å². The van der Waals surface area contributed by atoms with E-state index in [-0.39, 0.29) is 0 Å². The van der Waals surface area contributed by atoms with Crippen LogP contribution in [0.2, 0.25) is 5.02 Å². The van der Waals surface area contributed by atoms with E-state index < -0.39 is 0 Å². The molecule has 26 heavy (non-hydrogen) atoms. The fourth-order valence-electron chi connectivity index (χ4n) is 3.68. The molecule has 1 aliphatic heterocycles. The topological polar surface area (TPSA) is 41.9 Å². The number of likely N-dealkylation sites (tertiary alicyclic amines) is 1. The molecule has 132 valence electrons. The molecule has 1 aromatic carbocycles. The van der Waals surface area contributed by atoms with E-state index in [1.165, 1.54) is 5.56 Å². The largest absolute Gasteiger partial charge is 0.298 e. The van der Waals surface area contributed by atoms with Crippen LogP contribution in [-0.4, -0.2) is 32.9 Å². The first kappa shape index (κ1) is 17.1. The van der Waals surface area contributed by atoms with Crippen molar-refractivity contribution in [3.63, 3.8) is 0 Å². The van der Waals surface area contributed by atoms with Crippen molar-refractivity contribution in [2.75, 3.05) is 13.1 Å². The monoisotopic (exact) mass is 364 g/mol. The second kappa shape index (κ2) is 7.94. The van der Waals surface area contributed by atoms with Crippen LogP contribution in [0.25, 0.3) is 11.3 Å². The van der Waals surface area contributed by atoms with E-state index in [9.17, 15) is 0 Å². The molecule has 1 saturated heterocycles. The van der Waals surface area contributed by atoms with Gasteiger partial charge in [0.05, 0.1) is 11.4 Å². The number of nitrogens with zero attached hydrogens (tertiary/aromatic N) is 4. The van der Waals surface area contributed by atoms with Gasteiger partial charge in [0.2, 0.25) is 0 Å². The fourth-order valence-corrected chi connectivity index (χ4v) is 3.87. The quantitative estimate of drug-likeness (QED) is 0.680. The Morgan fingerprint density at radius 3 is 2.85 bits per heavy atom. The summed E-state index contributed by atoms with van der Waals surface area (Å²) in [5.74, 6) is 0.378. The van der Waals surface area contributed by atoms with E-state index in [0.717, 1.165) is 54.4 Å². The van der Waals surface area contributed by atoms with Crippen LogP contribution in [0, 0.1) is 0 Å². The molecule has 4 rings (SSSR count). The molecular formula is C21H21ClN4. The summed E-state index contributed by atoms with van der Waals surface area (Å²) < 4.78 is 0. The molecule has 0 amide bonds. The van der Waals surface area contributed by atoms with Crippen molar-refractivity contribution in [2.45, 2.75) is 25.3 Å². The maximum absolute atomic E-state index is 6.18. The molecule has 1 atom stereocenters. The van der Waals surface area contributed by atoms with Crippen molar-refractivity contribution >= 4 is 11.6 Å². The zero-order valence-electron chi connectivity index (χ0n) is 14.6. The van der Waals surface area contributed by atoms with Crippen LogP contribution in [0.3, 0.4) is 0 Å². The van der Waals surface area contributed by atoms with Gasteiger partial charge in [0.1, 0.15) is 0 Å². The number of hydrogen-bond donors (Lipinski definition) is 0. The Bertz CT molecular complexity index is 869. The molecule has 0 bridgehead atoms. The second-order valence-corrected chi connectivity index (χ2v) is 7.17. The van der Waals surface area contributed by atoms with Crippen LogP contribution in [-0.2, 0) is 6.54 Å². The third-order valence-electron chi connectivity index (χ3n) is 4.85. The lowest BCUT2D eigenvalue weighted by molar-refractivity contribution is 0.198. The van der Waals surface area contributed by atoms with Crippen LogP contribution < -0.4 is 0 Å². The highest BCUT2D eigenvalue weighted by molar-refractivity contribution is 6.30. The summed E-state index contributed by atoms with van der Waals surface area (Å²) in [6.07, 6.45) is 9.62. The molecule has 0 aliphatic carbocycles. The van der Waals surface area contributed by atoms with Crippen molar-refractivity contribution in [3.8, 4) is 11.3 Å². The van der Waals surface area contributed by atoms with Gasteiger partial charge in [-0.1, -0.05) is 29.8 Å². The summed E-state index contributed by atoms with van der Waals surface area (Å²) in [5.41, 5.74) is 4.31. The zero-order chi connectivity index (χ0) is 17.8. The van der Waals surface area contributed by atoms with Gasteiger partial charge in [-0.15, -0.1) is 0 Å². The number of pyridine rings is 1. The molecule has 0 unspecified atom stereocenters. The summed E-state index contributed by atoms with van der Waals surface area (Å²) in [4.78, 5) is 16.0. The standard InChI is InChI=1S/C21H21ClN4/c22-19-7-1-5-17(12-19)20-21(25-10-9-24-20)18-6-3-11-26(15-18)14-16-4-2-8-23-13-16/h1-2,4-5,7-10,12-13,18H,3,6,11,14-15H2/t18-/m0/s1. The molecule has 0 N–H and O–H groups in total. The number of aromatic nitrogens is 3. The highest BCUT2D eigenvalue weighted by atomic mass is 35.5. The van der Waals surface area contributed by atoms with Gasteiger partial charge in [-0.05, 0) is 43.1 Å².